The SMILES string of the molecule is CCO/N=C(\c1ccc(F)cc1)c1ccc2c(cnn2CC(C)C)c1. The number of hydrogen-bond acceptors (Lipinski definition) is 3. The zero-order chi connectivity index (χ0) is 17.8. The summed E-state index contributed by atoms with van der Waals surface area (Å²) in [5, 5.41) is 9.77. The zero-order valence-corrected chi connectivity index (χ0v) is 14.7. The number of nitrogens with zero attached hydrogens (tertiary/aromatic N) is 3. The van der Waals surface area contributed by atoms with Crippen molar-refractivity contribution in [2.75, 3.05) is 6.61 Å². The smallest absolute Gasteiger partial charge is 0.123 e. The molecule has 0 bridgehead atoms. The second-order valence-corrected chi connectivity index (χ2v) is 6.36. The number of fused-ring (bicyclic) bond motifs is 1. The first kappa shape index (κ1) is 17.1. The molecule has 0 atom stereocenters. The van der Waals surface area contributed by atoms with Crippen molar-refractivity contribution in [1.82, 2.24) is 9.78 Å². The van der Waals surface area contributed by atoms with Crippen molar-refractivity contribution in [3.63, 3.8) is 0 Å². The highest BCUT2D eigenvalue weighted by Gasteiger charge is 2.12. The summed E-state index contributed by atoms with van der Waals surface area (Å²) >= 11 is 0. The summed E-state index contributed by atoms with van der Waals surface area (Å²) in [6.45, 7) is 7.57. The van der Waals surface area contributed by atoms with Crippen molar-refractivity contribution >= 4 is 16.6 Å². The average Bonchev–Trinajstić information content (AvgIpc) is 2.98. The maximum absolute atomic E-state index is 13.2. The van der Waals surface area contributed by atoms with Crippen LogP contribution >= 0.6 is 0 Å². The molecule has 0 saturated heterocycles. The van der Waals surface area contributed by atoms with Gasteiger partial charge in [0.15, 0.2) is 0 Å². The molecule has 0 saturated carbocycles. The predicted molar refractivity (Wildman–Crippen MR) is 98.2 cm³/mol. The van der Waals surface area contributed by atoms with Gasteiger partial charge in [-0.25, -0.2) is 4.39 Å². The van der Waals surface area contributed by atoms with Gasteiger partial charge in [0.05, 0.1) is 11.7 Å². The van der Waals surface area contributed by atoms with Gasteiger partial charge in [0.25, 0.3) is 0 Å². The Labute approximate surface area is 146 Å². The van der Waals surface area contributed by atoms with Gasteiger partial charge in [-0.2, -0.15) is 5.10 Å². The molecule has 0 aliphatic rings. The topological polar surface area (TPSA) is 39.4 Å². The van der Waals surface area contributed by atoms with E-state index in [-0.39, 0.29) is 5.82 Å². The Balaban J connectivity index is 2.02. The zero-order valence-electron chi connectivity index (χ0n) is 14.7. The van der Waals surface area contributed by atoms with Crippen LogP contribution in [0, 0.1) is 11.7 Å². The minimum Gasteiger partial charge on any atom is -0.396 e. The van der Waals surface area contributed by atoms with Crippen molar-refractivity contribution in [2.45, 2.75) is 27.3 Å². The van der Waals surface area contributed by atoms with E-state index in [1.54, 1.807) is 12.1 Å². The van der Waals surface area contributed by atoms with Crippen LogP contribution in [0.15, 0.2) is 53.8 Å². The van der Waals surface area contributed by atoms with Gasteiger partial charge in [0, 0.05) is 23.1 Å². The molecule has 1 aromatic heterocycles. The molecule has 0 aliphatic heterocycles. The lowest BCUT2D eigenvalue weighted by Crippen LogP contribution is -2.07. The summed E-state index contributed by atoms with van der Waals surface area (Å²) in [6.07, 6.45) is 1.87. The largest absolute Gasteiger partial charge is 0.396 e. The van der Waals surface area contributed by atoms with Crippen LogP contribution in [0.2, 0.25) is 0 Å². The highest BCUT2D eigenvalue weighted by atomic mass is 19.1. The minimum absolute atomic E-state index is 0.273. The predicted octanol–water partition coefficient (Wildman–Crippen LogP) is 4.62. The summed E-state index contributed by atoms with van der Waals surface area (Å²) in [5.74, 6) is 0.252. The Bertz CT molecular complexity index is 882. The highest BCUT2D eigenvalue weighted by molar-refractivity contribution is 6.13. The van der Waals surface area contributed by atoms with Gasteiger partial charge < -0.3 is 4.84 Å². The molecule has 0 spiro atoms. The van der Waals surface area contributed by atoms with Crippen LogP contribution in [0.3, 0.4) is 0 Å². The molecule has 3 rings (SSSR count). The second kappa shape index (κ2) is 7.47. The maximum Gasteiger partial charge on any atom is 0.123 e. The quantitative estimate of drug-likeness (QED) is 0.485. The van der Waals surface area contributed by atoms with Gasteiger partial charge in [-0.05, 0) is 49.2 Å². The molecule has 0 fully saturated rings. The van der Waals surface area contributed by atoms with Crippen molar-refractivity contribution in [3.05, 3.63) is 65.6 Å². The Morgan fingerprint density at radius 3 is 2.56 bits per heavy atom. The number of oxime groups is 1. The first-order valence-corrected chi connectivity index (χ1v) is 8.50. The van der Waals surface area contributed by atoms with Crippen molar-refractivity contribution in [1.29, 1.82) is 0 Å². The monoisotopic (exact) mass is 339 g/mol. The van der Waals surface area contributed by atoms with Gasteiger partial charge in [-0.3, -0.25) is 4.68 Å². The molecule has 0 aliphatic carbocycles. The Morgan fingerprint density at radius 1 is 1.16 bits per heavy atom. The van der Waals surface area contributed by atoms with Crippen LogP contribution in [-0.4, -0.2) is 22.1 Å². The third-order valence-electron chi connectivity index (χ3n) is 3.86. The first-order chi connectivity index (χ1) is 12.1. The standard InChI is InChI=1S/C20H22FN3O/c1-4-25-23-20(15-5-8-18(21)9-6-15)16-7-10-19-17(11-16)12-22-24(19)13-14(2)3/h5-12,14H,4,13H2,1-3H3/b23-20+. The third-order valence-corrected chi connectivity index (χ3v) is 3.86. The maximum atomic E-state index is 13.2. The molecule has 130 valence electrons. The fourth-order valence-electron chi connectivity index (χ4n) is 2.73. The summed E-state index contributed by atoms with van der Waals surface area (Å²) < 4.78 is 15.3. The Morgan fingerprint density at radius 2 is 1.88 bits per heavy atom. The lowest BCUT2D eigenvalue weighted by atomic mass is 10.0. The molecule has 0 unspecified atom stereocenters. The van der Waals surface area contributed by atoms with Gasteiger partial charge in [-0.1, -0.05) is 25.1 Å². The number of aromatic nitrogens is 2. The van der Waals surface area contributed by atoms with Crippen molar-refractivity contribution in [2.24, 2.45) is 11.1 Å². The van der Waals surface area contributed by atoms with Crippen LogP contribution in [0.5, 0.6) is 0 Å². The van der Waals surface area contributed by atoms with E-state index in [9.17, 15) is 4.39 Å². The van der Waals surface area contributed by atoms with E-state index >= 15 is 0 Å². The molecule has 1 heterocycles. The summed E-state index contributed by atoms with van der Waals surface area (Å²) in [4.78, 5) is 5.28. The summed E-state index contributed by atoms with van der Waals surface area (Å²) in [5.41, 5.74) is 3.49. The van der Waals surface area contributed by atoms with Crippen LogP contribution in [0.25, 0.3) is 10.9 Å². The summed E-state index contributed by atoms with van der Waals surface area (Å²) in [7, 11) is 0. The average molecular weight is 339 g/mol. The van der Waals surface area contributed by atoms with Crippen LogP contribution < -0.4 is 0 Å². The number of halogens is 1. The van der Waals surface area contributed by atoms with Gasteiger partial charge >= 0.3 is 0 Å². The lowest BCUT2D eigenvalue weighted by Gasteiger charge is -2.09. The molecule has 2 aromatic carbocycles. The van der Waals surface area contributed by atoms with E-state index in [4.69, 9.17) is 4.84 Å². The molecule has 0 N–H and O–H groups in total. The summed E-state index contributed by atoms with van der Waals surface area (Å²) in [6, 6.07) is 12.4. The van der Waals surface area contributed by atoms with E-state index in [2.05, 4.69) is 24.1 Å². The fraction of sp³-hybridized carbons (Fsp3) is 0.300. The van der Waals surface area contributed by atoms with E-state index in [1.165, 1.54) is 12.1 Å². The molecule has 0 radical (unpaired) electrons. The van der Waals surface area contributed by atoms with Crippen LogP contribution in [0.4, 0.5) is 4.39 Å². The van der Waals surface area contributed by atoms with Gasteiger partial charge in [0.2, 0.25) is 0 Å². The lowest BCUT2D eigenvalue weighted by molar-refractivity contribution is 0.159. The second-order valence-electron chi connectivity index (χ2n) is 6.36. The van der Waals surface area contributed by atoms with Crippen LogP contribution in [-0.2, 0) is 11.4 Å². The van der Waals surface area contributed by atoms with E-state index < -0.39 is 0 Å². The van der Waals surface area contributed by atoms with Crippen LogP contribution in [0.1, 0.15) is 31.9 Å². The van der Waals surface area contributed by atoms with E-state index in [1.807, 2.05) is 36.0 Å². The van der Waals surface area contributed by atoms with Crippen molar-refractivity contribution in [3.8, 4) is 0 Å². The van der Waals surface area contributed by atoms with E-state index in [0.717, 1.165) is 28.6 Å². The first-order valence-electron chi connectivity index (χ1n) is 8.50. The Kier molecular flexibility index (Phi) is 5.12. The number of rotatable bonds is 6. The van der Waals surface area contributed by atoms with E-state index in [0.29, 0.717) is 18.2 Å². The number of benzene rings is 2. The minimum atomic E-state index is -0.273. The molecular formula is C20H22FN3O. The number of hydrogen-bond donors (Lipinski definition) is 0. The molecule has 4 nitrogen and oxygen atoms in total. The third kappa shape index (κ3) is 3.87. The molecular weight excluding hydrogens is 317 g/mol. The fourth-order valence-corrected chi connectivity index (χ4v) is 2.73. The van der Waals surface area contributed by atoms with Gasteiger partial charge in [0.1, 0.15) is 18.1 Å². The Hall–Kier alpha value is -2.69. The van der Waals surface area contributed by atoms with Crippen molar-refractivity contribution < 1.29 is 9.23 Å². The normalized spacial score (nSPS) is 12.1. The van der Waals surface area contributed by atoms with Gasteiger partial charge in [-0.15, -0.1) is 0 Å². The molecule has 5 heteroatoms. The molecule has 0 amide bonds. The molecule has 3 aromatic rings. The molecule has 25 heavy (non-hydrogen) atoms. The highest BCUT2D eigenvalue weighted by Crippen LogP contribution is 2.20.